The maximum Gasteiger partial charge on any atom is 0.223 e. The Morgan fingerprint density at radius 1 is 1.54 bits per heavy atom. The van der Waals surface area contributed by atoms with E-state index in [1.165, 1.54) is 19.3 Å². The molecule has 1 fully saturated rings. The summed E-state index contributed by atoms with van der Waals surface area (Å²) in [6.45, 7) is 6.31. The summed E-state index contributed by atoms with van der Waals surface area (Å²) in [6.07, 6.45) is 4.55. The molecule has 0 aromatic heterocycles. The van der Waals surface area contributed by atoms with Crippen molar-refractivity contribution in [3.05, 3.63) is 0 Å². The van der Waals surface area contributed by atoms with E-state index in [0.29, 0.717) is 6.04 Å². The topological polar surface area (TPSA) is 29.1 Å². The normalized spacial score (nSPS) is 30.1. The van der Waals surface area contributed by atoms with Crippen molar-refractivity contribution in [1.82, 2.24) is 5.32 Å². The van der Waals surface area contributed by atoms with E-state index >= 15 is 0 Å². The number of amides is 1. The summed E-state index contributed by atoms with van der Waals surface area (Å²) in [4.78, 5) is 11.5. The van der Waals surface area contributed by atoms with Crippen molar-refractivity contribution >= 4 is 5.91 Å². The van der Waals surface area contributed by atoms with E-state index in [2.05, 4.69) is 19.2 Å². The van der Waals surface area contributed by atoms with Gasteiger partial charge in [-0.05, 0) is 31.6 Å². The van der Waals surface area contributed by atoms with E-state index in [1.54, 1.807) is 0 Å². The van der Waals surface area contributed by atoms with Crippen LogP contribution in [0.3, 0.4) is 0 Å². The number of hydrogen-bond donors (Lipinski definition) is 1. The average molecular weight is 183 g/mol. The Balaban J connectivity index is 2.28. The zero-order valence-corrected chi connectivity index (χ0v) is 8.97. The fourth-order valence-electron chi connectivity index (χ4n) is 1.87. The first-order valence-corrected chi connectivity index (χ1v) is 5.43. The molecule has 0 radical (unpaired) electrons. The molecule has 0 aromatic carbocycles. The van der Waals surface area contributed by atoms with E-state index in [9.17, 15) is 4.79 Å². The van der Waals surface area contributed by atoms with E-state index in [4.69, 9.17) is 0 Å². The summed E-state index contributed by atoms with van der Waals surface area (Å²) < 4.78 is 0. The molecule has 13 heavy (non-hydrogen) atoms. The molecule has 0 heterocycles. The van der Waals surface area contributed by atoms with Crippen LogP contribution in [0, 0.1) is 11.8 Å². The smallest absolute Gasteiger partial charge is 0.223 e. The Morgan fingerprint density at radius 3 is 2.69 bits per heavy atom. The lowest BCUT2D eigenvalue weighted by molar-refractivity contribution is -0.125. The standard InChI is InChI=1S/C11H21NO/c1-4-9(3)11(13)12-10-6-5-8(2)7-10/h8-10H,4-7H2,1-3H3,(H,12,13). The van der Waals surface area contributed by atoms with E-state index in [0.717, 1.165) is 12.3 Å². The summed E-state index contributed by atoms with van der Waals surface area (Å²) in [7, 11) is 0. The van der Waals surface area contributed by atoms with Gasteiger partial charge in [0.05, 0.1) is 0 Å². The fraction of sp³-hybridized carbons (Fsp3) is 0.909. The van der Waals surface area contributed by atoms with Gasteiger partial charge < -0.3 is 5.32 Å². The second-order valence-electron chi connectivity index (χ2n) is 4.43. The van der Waals surface area contributed by atoms with Crippen molar-refractivity contribution in [2.45, 2.75) is 52.5 Å². The highest BCUT2D eigenvalue weighted by molar-refractivity contribution is 5.78. The van der Waals surface area contributed by atoms with Crippen LogP contribution in [-0.4, -0.2) is 11.9 Å². The van der Waals surface area contributed by atoms with E-state index in [1.807, 2.05) is 6.92 Å². The lowest BCUT2D eigenvalue weighted by Gasteiger charge is -2.15. The van der Waals surface area contributed by atoms with Crippen LogP contribution in [0.5, 0.6) is 0 Å². The molecular formula is C11H21NO. The fourth-order valence-corrected chi connectivity index (χ4v) is 1.87. The molecule has 1 N–H and O–H groups in total. The van der Waals surface area contributed by atoms with Crippen LogP contribution in [-0.2, 0) is 4.79 Å². The van der Waals surface area contributed by atoms with Gasteiger partial charge in [0.25, 0.3) is 0 Å². The number of nitrogens with one attached hydrogen (secondary N) is 1. The molecule has 0 aromatic rings. The highest BCUT2D eigenvalue weighted by Gasteiger charge is 2.23. The minimum atomic E-state index is 0.177. The summed E-state index contributed by atoms with van der Waals surface area (Å²) >= 11 is 0. The molecule has 3 unspecified atom stereocenters. The largest absolute Gasteiger partial charge is 0.353 e. The third-order valence-electron chi connectivity index (χ3n) is 3.10. The SMILES string of the molecule is CCC(C)C(=O)NC1CCC(C)C1. The highest BCUT2D eigenvalue weighted by atomic mass is 16.1. The van der Waals surface area contributed by atoms with Crippen molar-refractivity contribution < 1.29 is 4.79 Å². The van der Waals surface area contributed by atoms with Crippen molar-refractivity contribution in [3.63, 3.8) is 0 Å². The van der Waals surface area contributed by atoms with E-state index < -0.39 is 0 Å². The van der Waals surface area contributed by atoms with Gasteiger partial charge in [-0.25, -0.2) is 0 Å². The zero-order chi connectivity index (χ0) is 9.84. The van der Waals surface area contributed by atoms with Crippen LogP contribution in [0.2, 0.25) is 0 Å². The van der Waals surface area contributed by atoms with Gasteiger partial charge in [-0.15, -0.1) is 0 Å². The first-order valence-electron chi connectivity index (χ1n) is 5.43. The minimum absolute atomic E-state index is 0.177. The zero-order valence-electron chi connectivity index (χ0n) is 8.97. The van der Waals surface area contributed by atoms with Crippen LogP contribution in [0.15, 0.2) is 0 Å². The van der Waals surface area contributed by atoms with Crippen molar-refractivity contribution in [3.8, 4) is 0 Å². The Labute approximate surface area is 81.1 Å². The molecule has 0 spiro atoms. The lowest BCUT2D eigenvalue weighted by Crippen LogP contribution is -2.36. The summed E-state index contributed by atoms with van der Waals surface area (Å²) in [6, 6.07) is 0.455. The molecule has 1 amide bonds. The van der Waals surface area contributed by atoms with Gasteiger partial charge in [0.15, 0.2) is 0 Å². The van der Waals surface area contributed by atoms with Gasteiger partial charge in [0, 0.05) is 12.0 Å². The van der Waals surface area contributed by atoms with Gasteiger partial charge in [-0.3, -0.25) is 4.79 Å². The maximum atomic E-state index is 11.5. The molecule has 3 atom stereocenters. The molecule has 1 saturated carbocycles. The van der Waals surface area contributed by atoms with Crippen LogP contribution < -0.4 is 5.32 Å². The van der Waals surface area contributed by atoms with Crippen molar-refractivity contribution in [1.29, 1.82) is 0 Å². The predicted molar refractivity (Wildman–Crippen MR) is 54.4 cm³/mol. The van der Waals surface area contributed by atoms with Gasteiger partial charge in [-0.1, -0.05) is 20.8 Å². The molecule has 76 valence electrons. The maximum absolute atomic E-state index is 11.5. The summed E-state index contributed by atoms with van der Waals surface area (Å²) in [5, 5.41) is 3.12. The Kier molecular flexibility index (Phi) is 3.76. The average Bonchev–Trinajstić information content (AvgIpc) is 2.49. The van der Waals surface area contributed by atoms with Crippen molar-refractivity contribution in [2.75, 3.05) is 0 Å². The number of carbonyl (C=O) groups is 1. The Bertz CT molecular complexity index is 179. The van der Waals surface area contributed by atoms with Crippen molar-refractivity contribution in [2.24, 2.45) is 11.8 Å². The quantitative estimate of drug-likeness (QED) is 0.715. The molecule has 0 saturated heterocycles. The van der Waals surface area contributed by atoms with Crippen LogP contribution in [0.4, 0.5) is 0 Å². The molecular weight excluding hydrogens is 162 g/mol. The molecule has 2 heteroatoms. The van der Waals surface area contributed by atoms with Crippen LogP contribution in [0.25, 0.3) is 0 Å². The number of hydrogen-bond acceptors (Lipinski definition) is 1. The number of rotatable bonds is 3. The number of carbonyl (C=O) groups excluding carboxylic acids is 1. The van der Waals surface area contributed by atoms with Crippen LogP contribution >= 0.6 is 0 Å². The molecule has 2 nitrogen and oxygen atoms in total. The van der Waals surface area contributed by atoms with Crippen LogP contribution in [0.1, 0.15) is 46.5 Å². The summed E-state index contributed by atoms with van der Waals surface area (Å²) in [5.41, 5.74) is 0. The van der Waals surface area contributed by atoms with Gasteiger partial charge in [0.2, 0.25) is 5.91 Å². The van der Waals surface area contributed by atoms with E-state index in [-0.39, 0.29) is 11.8 Å². The second kappa shape index (κ2) is 4.64. The monoisotopic (exact) mass is 183 g/mol. The first-order chi connectivity index (χ1) is 6.13. The van der Waals surface area contributed by atoms with Gasteiger partial charge in [0.1, 0.15) is 0 Å². The molecule has 1 rings (SSSR count). The molecule has 0 bridgehead atoms. The molecule has 1 aliphatic carbocycles. The molecule has 1 aliphatic rings. The Hall–Kier alpha value is -0.530. The van der Waals surface area contributed by atoms with Gasteiger partial charge >= 0.3 is 0 Å². The minimum Gasteiger partial charge on any atom is -0.353 e. The molecule has 0 aliphatic heterocycles. The third-order valence-corrected chi connectivity index (χ3v) is 3.10. The Morgan fingerprint density at radius 2 is 2.23 bits per heavy atom. The highest BCUT2D eigenvalue weighted by Crippen LogP contribution is 2.24. The summed E-state index contributed by atoms with van der Waals surface area (Å²) in [5.74, 6) is 1.21. The lowest BCUT2D eigenvalue weighted by atomic mass is 10.1. The second-order valence-corrected chi connectivity index (χ2v) is 4.43. The predicted octanol–water partition coefficient (Wildman–Crippen LogP) is 2.34. The first kappa shape index (κ1) is 10.6. The van der Waals surface area contributed by atoms with Gasteiger partial charge in [-0.2, -0.15) is 0 Å². The third kappa shape index (κ3) is 3.02.